The predicted molar refractivity (Wildman–Crippen MR) is 123 cm³/mol. The average molecular weight is 421 g/mol. The summed E-state index contributed by atoms with van der Waals surface area (Å²) in [4.78, 5) is 31.6. The number of nitrogens with zero attached hydrogens (tertiary/aromatic N) is 3. The summed E-state index contributed by atoms with van der Waals surface area (Å²) in [5.74, 6) is -0.257. The molecular weight excluding hydrogens is 388 g/mol. The van der Waals surface area contributed by atoms with Crippen LogP contribution in [0.25, 0.3) is 0 Å². The molecule has 2 aromatic carbocycles. The second kappa shape index (κ2) is 10.1. The standard InChI is InChI=1S/C25H32N4O2/c1-27-15-16-28(23(19-27)20-9-4-2-5-10-20)14-8-13-26-25(31)21-17-24(30)29(18-21)22-11-6-3-7-12-22/h2-7,9-12,21,23H,8,13-19H2,1H3,(H,26,31). The van der Waals surface area contributed by atoms with Crippen LogP contribution in [-0.2, 0) is 9.59 Å². The number of para-hydroxylation sites is 1. The third-order valence-electron chi connectivity index (χ3n) is 6.36. The molecule has 2 heterocycles. The average Bonchev–Trinajstić information content (AvgIpc) is 3.20. The Bertz CT molecular complexity index is 874. The number of rotatable bonds is 7. The second-order valence-electron chi connectivity index (χ2n) is 8.61. The molecule has 2 unspecified atom stereocenters. The van der Waals surface area contributed by atoms with Crippen molar-refractivity contribution in [1.82, 2.24) is 15.1 Å². The van der Waals surface area contributed by atoms with Crippen LogP contribution in [0.3, 0.4) is 0 Å². The molecule has 4 rings (SSSR count). The summed E-state index contributed by atoms with van der Waals surface area (Å²) in [6.07, 6.45) is 1.19. The summed E-state index contributed by atoms with van der Waals surface area (Å²) in [5, 5.41) is 3.07. The third kappa shape index (κ3) is 5.32. The molecule has 0 spiro atoms. The van der Waals surface area contributed by atoms with Gasteiger partial charge in [-0.3, -0.25) is 14.5 Å². The molecule has 2 aliphatic heterocycles. The van der Waals surface area contributed by atoms with Crippen LogP contribution < -0.4 is 10.2 Å². The number of likely N-dealkylation sites (N-methyl/N-ethyl adjacent to an activating group) is 1. The van der Waals surface area contributed by atoms with Gasteiger partial charge in [0.05, 0.1) is 5.92 Å². The van der Waals surface area contributed by atoms with E-state index in [0.717, 1.165) is 38.3 Å². The highest BCUT2D eigenvalue weighted by Gasteiger charge is 2.35. The lowest BCUT2D eigenvalue weighted by Gasteiger charge is -2.40. The molecule has 2 amide bonds. The van der Waals surface area contributed by atoms with Gasteiger partial charge in [-0.1, -0.05) is 48.5 Å². The fourth-order valence-electron chi connectivity index (χ4n) is 4.59. The Morgan fingerprint density at radius 1 is 1.00 bits per heavy atom. The molecule has 2 aromatic rings. The van der Waals surface area contributed by atoms with Gasteiger partial charge in [0.2, 0.25) is 11.8 Å². The van der Waals surface area contributed by atoms with E-state index in [-0.39, 0.29) is 24.2 Å². The smallest absolute Gasteiger partial charge is 0.227 e. The van der Waals surface area contributed by atoms with Gasteiger partial charge in [-0.25, -0.2) is 0 Å². The Hall–Kier alpha value is -2.70. The zero-order valence-corrected chi connectivity index (χ0v) is 18.2. The van der Waals surface area contributed by atoms with E-state index in [1.54, 1.807) is 4.90 Å². The van der Waals surface area contributed by atoms with Gasteiger partial charge < -0.3 is 15.1 Å². The molecule has 2 saturated heterocycles. The van der Waals surface area contributed by atoms with E-state index < -0.39 is 0 Å². The normalized spacial score (nSPS) is 22.6. The second-order valence-corrected chi connectivity index (χ2v) is 8.61. The minimum Gasteiger partial charge on any atom is -0.356 e. The molecule has 0 bridgehead atoms. The van der Waals surface area contributed by atoms with Crippen molar-refractivity contribution in [2.75, 3.05) is 51.2 Å². The SMILES string of the molecule is CN1CCN(CCCNC(=O)C2CC(=O)N(c3ccccc3)C2)C(c2ccccc2)C1. The highest BCUT2D eigenvalue weighted by atomic mass is 16.2. The van der Waals surface area contributed by atoms with Gasteiger partial charge in [0, 0.05) is 57.4 Å². The molecule has 2 aliphatic rings. The van der Waals surface area contributed by atoms with Gasteiger partial charge >= 0.3 is 0 Å². The van der Waals surface area contributed by atoms with Crippen LogP contribution in [0.15, 0.2) is 60.7 Å². The van der Waals surface area contributed by atoms with E-state index in [4.69, 9.17) is 0 Å². The molecule has 0 aliphatic carbocycles. The van der Waals surface area contributed by atoms with Crippen molar-refractivity contribution < 1.29 is 9.59 Å². The largest absolute Gasteiger partial charge is 0.356 e. The van der Waals surface area contributed by atoms with Crippen molar-refractivity contribution in [3.8, 4) is 0 Å². The molecular formula is C25H32N4O2. The molecule has 0 radical (unpaired) electrons. The Morgan fingerprint density at radius 2 is 1.71 bits per heavy atom. The predicted octanol–water partition coefficient (Wildman–Crippen LogP) is 2.53. The number of piperazine rings is 1. The Labute approximate surface area is 184 Å². The fourth-order valence-corrected chi connectivity index (χ4v) is 4.59. The van der Waals surface area contributed by atoms with Crippen LogP contribution in [-0.4, -0.2) is 67.9 Å². The zero-order chi connectivity index (χ0) is 21.6. The highest BCUT2D eigenvalue weighted by molar-refractivity contribution is 6.00. The number of benzene rings is 2. The van der Waals surface area contributed by atoms with Gasteiger partial charge in [0.1, 0.15) is 0 Å². The van der Waals surface area contributed by atoms with Gasteiger partial charge in [0.15, 0.2) is 0 Å². The molecule has 2 atom stereocenters. The first-order valence-corrected chi connectivity index (χ1v) is 11.2. The topological polar surface area (TPSA) is 55.9 Å². The first-order chi connectivity index (χ1) is 15.1. The highest BCUT2D eigenvalue weighted by Crippen LogP contribution is 2.26. The molecule has 6 nitrogen and oxygen atoms in total. The van der Waals surface area contributed by atoms with Crippen LogP contribution in [0, 0.1) is 5.92 Å². The number of anilines is 1. The van der Waals surface area contributed by atoms with Crippen LogP contribution in [0.5, 0.6) is 0 Å². The van der Waals surface area contributed by atoms with Crippen LogP contribution in [0.1, 0.15) is 24.4 Å². The maximum atomic E-state index is 12.6. The number of amides is 2. The van der Waals surface area contributed by atoms with Crippen molar-refractivity contribution in [2.24, 2.45) is 5.92 Å². The van der Waals surface area contributed by atoms with E-state index in [0.29, 0.717) is 19.1 Å². The van der Waals surface area contributed by atoms with Crippen molar-refractivity contribution >= 4 is 17.5 Å². The van der Waals surface area contributed by atoms with Crippen LogP contribution in [0.2, 0.25) is 0 Å². The monoisotopic (exact) mass is 420 g/mol. The molecule has 164 valence electrons. The molecule has 2 fully saturated rings. The lowest BCUT2D eigenvalue weighted by Crippen LogP contribution is -2.47. The van der Waals surface area contributed by atoms with Crippen molar-refractivity contribution in [1.29, 1.82) is 0 Å². The first kappa shape index (κ1) is 21.5. The lowest BCUT2D eigenvalue weighted by atomic mass is 10.0. The summed E-state index contributed by atoms with van der Waals surface area (Å²) >= 11 is 0. The first-order valence-electron chi connectivity index (χ1n) is 11.2. The number of hydrogen-bond donors (Lipinski definition) is 1. The lowest BCUT2D eigenvalue weighted by molar-refractivity contribution is -0.126. The minimum absolute atomic E-state index is 0.00947. The quantitative estimate of drug-likeness (QED) is 0.700. The maximum absolute atomic E-state index is 12.6. The number of carbonyl (C=O) groups is 2. The number of hydrogen-bond acceptors (Lipinski definition) is 4. The third-order valence-corrected chi connectivity index (χ3v) is 6.36. The van der Waals surface area contributed by atoms with Gasteiger partial charge in [-0.05, 0) is 31.2 Å². The van der Waals surface area contributed by atoms with Crippen LogP contribution >= 0.6 is 0 Å². The molecule has 1 N–H and O–H groups in total. The maximum Gasteiger partial charge on any atom is 0.227 e. The summed E-state index contributed by atoms with van der Waals surface area (Å²) in [6, 6.07) is 20.6. The van der Waals surface area contributed by atoms with Crippen molar-refractivity contribution in [2.45, 2.75) is 18.9 Å². The molecule has 31 heavy (non-hydrogen) atoms. The number of carbonyl (C=O) groups excluding carboxylic acids is 2. The van der Waals surface area contributed by atoms with Gasteiger partial charge in [0.25, 0.3) is 0 Å². The van der Waals surface area contributed by atoms with E-state index >= 15 is 0 Å². The van der Waals surface area contributed by atoms with Gasteiger partial charge in [-0.2, -0.15) is 0 Å². The zero-order valence-electron chi connectivity index (χ0n) is 18.2. The van der Waals surface area contributed by atoms with E-state index in [2.05, 4.69) is 52.5 Å². The Balaban J connectivity index is 1.25. The Morgan fingerprint density at radius 3 is 2.45 bits per heavy atom. The molecule has 0 saturated carbocycles. The fraction of sp³-hybridized carbons (Fsp3) is 0.440. The van der Waals surface area contributed by atoms with Crippen molar-refractivity contribution in [3.05, 3.63) is 66.2 Å². The molecule has 0 aromatic heterocycles. The van der Waals surface area contributed by atoms with Crippen LogP contribution in [0.4, 0.5) is 5.69 Å². The van der Waals surface area contributed by atoms with Gasteiger partial charge in [-0.15, -0.1) is 0 Å². The summed E-state index contributed by atoms with van der Waals surface area (Å²) in [6.45, 7) is 5.18. The number of nitrogens with one attached hydrogen (secondary N) is 1. The summed E-state index contributed by atoms with van der Waals surface area (Å²) in [5.41, 5.74) is 2.22. The molecule has 6 heteroatoms. The summed E-state index contributed by atoms with van der Waals surface area (Å²) in [7, 11) is 2.18. The van der Waals surface area contributed by atoms with E-state index in [9.17, 15) is 9.59 Å². The Kier molecular flexibility index (Phi) is 6.99. The minimum atomic E-state index is -0.270. The van der Waals surface area contributed by atoms with E-state index in [1.165, 1.54) is 5.56 Å². The van der Waals surface area contributed by atoms with E-state index in [1.807, 2.05) is 30.3 Å². The summed E-state index contributed by atoms with van der Waals surface area (Å²) < 4.78 is 0. The van der Waals surface area contributed by atoms with Crippen molar-refractivity contribution in [3.63, 3.8) is 0 Å².